The number of nitrogens with one attached hydrogen (secondary N) is 1. The van der Waals surface area contributed by atoms with Crippen molar-refractivity contribution >= 4 is 29.8 Å². The van der Waals surface area contributed by atoms with E-state index < -0.39 is 19.1 Å². The molecule has 118 valence electrons. The van der Waals surface area contributed by atoms with Gasteiger partial charge in [-0.1, -0.05) is 12.2 Å². The fraction of sp³-hybridized carbons (Fsp3) is 0.333. The van der Waals surface area contributed by atoms with E-state index in [1.165, 1.54) is 12.1 Å². The predicted molar refractivity (Wildman–Crippen MR) is 80.3 cm³/mol. The van der Waals surface area contributed by atoms with E-state index in [9.17, 15) is 16.8 Å². The summed E-state index contributed by atoms with van der Waals surface area (Å²) < 4.78 is 53.5. The van der Waals surface area contributed by atoms with E-state index in [0.29, 0.717) is 6.61 Å². The molecule has 1 aromatic carbocycles. The van der Waals surface area contributed by atoms with Crippen LogP contribution in [0.2, 0.25) is 0 Å². The van der Waals surface area contributed by atoms with Crippen LogP contribution in [0.3, 0.4) is 0 Å². The van der Waals surface area contributed by atoms with Crippen molar-refractivity contribution in [3.05, 3.63) is 36.4 Å². The molecule has 0 bridgehead atoms. The molecule has 0 fully saturated rings. The highest BCUT2D eigenvalue weighted by Gasteiger charge is 2.15. The van der Waals surface area contributed by atoms with Crippen LogP contribution >= 0.6 is 10.7 Å². The summed E-state index contributed by atoms with van der Waals surface area (Å²) in [5.74, 6) is 0. The SMILES string of the molecule is C=C(C)COCCNS(=O)(=O)c1ccc(S(=O)(=O)Cl)cc1. The highest BCUT2D eigenvalue weighted by atomic mass is 35.7. The molecule has 1 rings (SSSR count). The number of rotatable bonds is 8. The van der Waals surface area contributed by atoms with E-state index in [1.807, 2.05) is 0 Å². The molecule has 0 amide bonds. The van der Waals surface area contributed by atoms with Crippen LogP contribution in [0.1, 0.15) is 6.92 Å². The number of benzene rings is 1. The number of halogens is 1. The number of hydrogen-bond acceptors (Lipinski definition) is 5. The summed E-state index contributed by atoms with van der Waals surface area (Å²) in [6, 6.07) is 4.61. The van der Waals surface area contributed by atoms with E-state index in [1.54, 1.807) is 6.92 Å². The fourth-order valence-electron chi connectivity index (χ4n) is 1.36. The lowest BCUT2D eigenvalue weighted by molar-refractivity contribution is 0.162. The second-order valence-electron chi connectivity index (χ2n) is 4.32. The largest absolute Gasteiger partial charge is 0.376 e. The maximum atomic E-state index is 11.9. The van der Waals surface area contributed by atoms with Gasteiger partial charge in [-0.3, -0.25) is 0 Å². The zero-order chi connectivity index (χ0) is 16.1. The third-order valence-corrected chi connectivity index (χ3v) is 5.15. The van der Waals surface area contributed by atoms with Crippen LogP contribution in [0.5, 0.6) is 0 Å². The summed E-state index contributed by atoms with van der Waals surface area (Å²) in [5.41, 5.74) is 0.843. The highest BCUT2D eigenvalue weighted by Crippen LogP contribution is 2.17. The summed E-state index contributed by atoms with van der Waals surface area (Å²) in [4.78, 5) is -0.209. The van der Waals surface area contributed by atoms with Gasteiger partial charge in [0.2, 0.25) is 10.0 Å². The quantitative estimate of drug-likeness (QED) is 0.434. The second kappa shape index (κ2) is 7.37. The third-order valence-electron chi connectivity index (χ3n) is 2.30. The zero-order valence-electron chi connectivity index (χ0n) is 11.4. The van der Waals surface area contributed by atoms with Crippen molar-refractivity contribution in [3.8, 4) is 0 Å². The highest BCUT2D eigenvalue weighted by molar-refractivity contribution is 8.13. The molecule has 1 N–H and O–H groups in total. The summed E-state index contributed by atoms with van der Waals surface area (Å²) in [5, 5.41) is 0. The first-order valence-corrected chi connectivity index (χ1v) is 9.69. The van der Waals surface area contributed by atoms with Crippen molar-refractivity contribution in [2.45, 2.75) is 16.7 Å². The summed E-state index contributed by atoms with van der Waals surface area (Å²) in [6.45, 7) is 6.13. The van der Waals surface area contributed by atoms with Crippen molar-refractivity contribution in [1.82, 2.24) is 4.72 Å². The van der Waals surface area contributed by atoms with Gasteiger partial charge in [-0.2, -0.15) is 0 Å². The third kappa shape index (κ3) is 6.15. The smallest absolute Gasteiger partial charge is 0.261 e. The van der Waals surface area contributed by atoms with Gasteiger partial charge in [0.05, 0.1) is 23.0 Å². The lowest BCUT2D eigenvalue weighted by Gasteiger charge is -2.08. The standard InChI is InChI=1S/C12H16ClNO5S2/c1-10(2)9-19-8-7-14-21(17,18)12-5-3-11(4-6-12)20(13,15)16/h3-6,14H,1,7-9H2,2H3. The molecule has 0 aliphatic carbocycles. The first-order chi connectivity index (χ1) is 9.63. The summed E-state index contributed by atoms with van der Waals surface area (Å²) >= 11 is 0. The van der Waals surface area contributed by atoms with Crippen LogP contribution in [0.15, 0.2) is 46.2 Å². The molecule has 0 aliphatic heterocycles. The lowest BCUT2D eigenvalue weighted by Crippen LogP contribution is -2.27. The van der Waals surface area contributed by atoms with Gasteiger partial charge in [0.1, 0.15) is 0 Å². The van der Waals surface area contributed by atoms with Crippen LogP contribution in [0.25, 0.3) is 0 Å². The van der Waals surface area contributed by atoms with Crippen molar-refractivity contribution in [2.75, 3.05) is 19.8 Å². The van der Waals surface area contributed by atoms with Crippen LogP contribution in [0, 0.1) is 0 Å². The van der Waals surface area contributed by atoms with Gasteiger partial charge in [0.25, 0.3) is 9.05 Å². The summed E-state index contributed by atoms with van der Waals surface area (Å²) in [6.07, 6.45) is 0. The molecule has 0 radical (unpaired) electrons. The minimum absolute atomic E-state index is 0.0496. The molecule has 0 saturated carbocycles. The van der Waals surface area contributed by atoms with Crippen molar-refractivity contribution in [1.29, 1.82) is 0 Å². The van der Waals surface area contributed by atoms with Crippen LogP contribution in [0.4, 0.5) is 0 Å². The van der Waals surface area contributed by atoms with E-state index in [4.69, 9.17) is 15.4 Å². The Morgan fingerprint density at radius 1 is 1.19 bits per heavy atom. The second-order valence-corrected chi connectivity index (χ2v) is 8.65. The number of hydrogen-bond donors (Lipinski definition) is 1. The molecule has 0 aromatic heterocycles. The molecule has 1 aromatic rings. The Morgan fingerprint density at radius 2 is 1.71 bits per heavy atom. The zero-order valence-corrected chi connectivity index (χ0v) is 13.8. The minimum Gasteiger partial charge on any atom is -0.376 e. The minimum atomic E-state index is -3.87. The van der Waals surface area contributed by atoms with Crippen LogP contribution in [-0.4, -0.2) is 36.6 Å². The first-order valence-electron chi connectivity index (χ1n) is 5.89. The Balaban J connectivity index is 2.64. The van der Waals surface area contributed by atoms with Gasteiger partial charge in [-0.15, -0.1) is 0 Å². The first kappa shape index (κ1) is 18.1. The van der Waals surface area contributed by atoms with Crippen LogP contribution in [-0.2, 0) is 23.8 Å². The van der Waals surface area contributed by atoms with Gasteiger partial charge >= 0.3 is 0 Å². The Bertz CT molecular complexity index is 696. The Kier molecular flexibility index (Phi) is 6.36. The average molecular weight is 354 g/mol. The van der Waals surface area contributed by atoms with Gasteiger partial charge < -0.3 is 4.74 Å². The number of ether oxygens (including phenoxy) is 1. The molecular weight excluding hydrogens is 338 g/mol. The van der Waals surface area contributed by atoms with E-state index in [-0.39, 0.29) is 22.9 Å². The molecular formula is C12H16ClNO5S2. The maximum absolute atomic E-state index is 11.9. The molecule has 0 atom stereocenters. The molecule has 6 nitrogen and oxygen atoms in total. The Hall–Kier alpha value is -0.930. The normalized spacial score (nSPS) is 12.3. The maximum Gasteiger partial charge on any atom is 0.261 e. The van der Waals surface area contributed by atoms with Crippen molar-refractivity contribution < 1.29 is 21.6 Å². The van der Waals surface area contributed by atoms with Gasteiger partial charge in [-0.05, 0) is 31.2 Å². The molecule has 0 saturated heterocycles. The van der Waals surface area contributed by atoms with E-state index >= 15 is 0 Å². The lowest BCUT2D eigenvalue weighted by atomic mass is 10.4. The predicted octanol–water partition coefficient (Wildman–Crippen LogP) is 1.49. The van der Waals surface area contributed by atoms with Crippen molar-refractivity contribution in [3.63, 3.8) is 0 Å². The van der Waals surface area contributed by atoms with Crippen molar-refractivity contribution in [2.24, 2.45) is 0 Å². The van der Waals surface area contributed by atoms with Gasteiger partial charge in [0.15, 0.2) is 0 Å². The van der Waals surface area contributed by atoms with E-state index in [2.05, 4.69) is 11.3 Å². The monoisotopic (exact) mass is 353 g/mol. The molecule has 0 spiro atoms. The Morgan fingerprint density at radius 3 is 2.19 bits per heavy atom. The van der Waals surface area contributed by atoms with E-state index in [0.717, 1.165) is 17.7 Å². The molecule has 0 aliphatic rings. The van der Waals surface area contributed by atoms with Gasteiger partial charge in [0, 0.05) is 17.2 Å². The molecule has 21 heavy (non-hydrogen) atoms. The molecule has 0 unspecified atom stereocenters. The summed E-state index contributed by atoms with van der Waals surface area (Å²) in [7, 11) is -2.43. The Labute approximate surface area is 129 Å². The fourth-order valence-corrected chi connectivity index (χ4v) is 3.14. The molecule has 9 heteroatoms. The average Bonchev–Trinajstić information content (AvgIpc) is 2.37. The van der Waals surface area contributed by atoms with Crippen LogP contribution < -0.4 is 4.72 Å². The molecule has 0 heterocycles. The number of sulfonamides is 1. The van der Waals surface area contributed by atoms with Gasteiger partial charge in [-0.25, -0.2) is 21.6 Å². The topological polar surface area (TPSA) is 89.5 Å².